The van der Waals surface area contributed by atoms with Crippen molar-refractivity contribution in [1.29, 1.82) is 0 Å². The Morgan fingerprint density at radius 3 is 2.37 bits per heavy atom. The second-order valence-electron chi connectivity index (χ2n) is 6.25. The van der Waals surface area contributed by atoms with Gasteiger partial charge in [-0.15, -0.1) is 0 Å². The molecule has 0 saturated heterocycles. The van der Waals surface area contributed by atoms with Gasteiger partial charge < -0.3 is 5.32 Å². The van der Waals surface area contributed by atoms with Crippen LogP contribution in [0.1, 0.15) is 5.56 Å². The van der Waals surface area contributed by atoms with Crippen LogP contribution >= 0.6 is 0 Å². The smallest absolute Gasteiger partial charge is 0.126 e. The van der Waals surface area contributed by atoms with Gasteiger partial charge in [-0.2, -0.15) is 0 Å². The fraction of sp³-hybridized carbons (Fsp3) is 0.136. The standard InChI is InChI=1S/C14H16N4.C8H7F/c1-15-14-7-12-6-10(4-5-11(12)8-16-14)13-9-17(2)18(13)3;1-2-7-3-5-8(9)6-4-7/h4-9H,1-3H3,(H,15,16);2-6H,1H2. The molecule has 5 heteroatoms. The van der Waals surface area contributed by atoms with Crippen LogP contribution in [0.15, 0.2) is 67.5 Å². The van der Waals surface area contributed by atoms with E-state index in [9.17, 15) is 4.39 Å². The van der Waals surface area contributed by atoms with E-state index < -0.39 is 0 Å². The molecule has 4 nitrogen and oxygen atoms in total. The van der Waals surface area contributed by atoms with Crippen molar-refractivity contribution < 1.29 is 4.39 Å². The molecule has 0 bridgehead atoms. The highest BCUT2D eigenvalue weighted by Crippen LogP contribution is 2.26. The zero-order chi connectivity index (χ0) is 19.4. The molecule has 0 aliphatic carbocycles. The molecule has 4 rings (SSSR count). The summed E-state index contributed by atoms with van der Waals surface area (Å²) >= 11 is 0. The van der Waals surface area contributed by atoms with Crippen molar-refractivity contribution in [3.05, 3.63) is 78.9 Å². The van der Waals surface area contributed by atoms with Crippen molar-refractivity contribution in [3.63, 3.8) is 0 Å². The lowest BCUT2D eigenvalue weighted by molar-refractivity contribution is 0.536. The van der Waals surface area contributed by atoms with Crippen LogP contribution in [-0.4, -0.2) is 21.4 Å². The number of anilines is 1. The predicted molar refractivity (Wildman–Crippen MR) is 111 cm³/mol. The number of hydrogen-bond acceptors (Lipinski definition) is 2. The fourth-order valence-corrected chi connectivity index (χ4v) is 2.76. The molecule has 0 aliphatic heterocycles. The van der Waals surface area contributed by atoms with Gasteiger partial charge in [-0.25, -0.2) is 9.37 Å². The van der Waals surface area contributed by atoms with Crippen LogP contribution in [0.5, 0.6) is 0 Å². The van der Waals surface area contributed by atoms with Crippen LogP contribution in [-0.2, 0) is 14.1 Å². The largest absolute Gasteiger partial charge is 0.373 e. The second kappa shape index (κ2) is 7.91. The van der Waals surface area contributed by atoms with Crippen molar-refractivity contribution in [3.8, 4) is 11.3 Å². The molecule has 27 heavy (non-hydrogen) atoms. The Kier molecular flexibility index (Phi) is 5.41. The van der Waals surface area contributed by atoms with Gasteiger partial charge in [0, 0.05) is 44.5 Å². The number of hydrogen-bond donors (Lipinski definition) is 1. The molecule has 2 heterocycles. The highest BCUT2D eigenvalue weighted by Gasteiger charge is 2.08. The summed E-state index contributed by atoms with van der Waals surface area (Å²) in [5, 5.41) is 5.43. The van der Waals surface area contributed by atoms with E-state index in [0.29, 0.717) is 0 Å². The Balaban J connectivity index is 0.000000197. The number of aryl methyl sites for hydroxylation is 1. The molecule has 138 valence electrons. The highest BCUT2D eigenvalue weighted by atomic mass is 19.1. The third-order valence-corrected chi connectivity index (χ3v) is 4.51. The number of nitrogens with one attached hydrogen (secondary N) is 1. The summed E-state index contributed by atoms with van der Waals surface area (Å²) in [4.78, 5) is 4.32. The third-order valence-electron chi connectivity index (χ3n) is 4.51. The Morgan fingerprint density at radius 1 is 1.04 bits per heavy atom. The average Bonchev–Trinajstić information content (AvgIpc) is 2.71. The normalized spacial score (nSPS) is 10.4. The Morgan fingerprint density at radius 2 is 1.78 bits per heavy atom. The van der Waals surface area contributed by atoms with Gasteiger partial charge in [0.1, 0.15) is 11.6 Å². The molecule has 0 spiro atoms. The molecule has 0 aliphatic rings. The van der Waals surface area contributed by atoms with Gasteiger partial charge in [0.15, 0.2) is 0 Å². The molecular weight excluding hydrogens is 339 g/mol. The van der Waals surface area contributed by atoms with E-state index in [-0.39, 0.29) is 5.82 Å². The quantitative estimate of drug-likeness (QED) is 0.551. The van der Waals surface area contributed by atoms with Gasteiger partial charge in [-0.05, 0) is 35.2 Å². The molecule has 0 radical (unpaired) electrons. The molecule has 0 atom stereocenters. The molecule has 1 N–H and O–H groups in total. The van der Waals surface area contributed by atoms with Crippen LogP contribution in [0.25, 0.3) is 28.1 Å². The first-order chi connectivity index (χ1) is 13.0. The molecule has 2 aromatic carbocycles. The van der Waals surface area contributed by atoms with Gasteiger partial charge in [0.2, 0.25) is 0 Å². The molecule has 2 aromatic heterocycles. The summed E-state index contributed by atoms with van der Waals surface area (Å²) in [6, 6.07) is 14.7. The minimum Gasteiger partial charge on any atom is -0.373 e. The summed E-state index contributed by atoms with van der Waals surface area (Å²) in [6.45, 7) is 3.54. The van der Waals surface area contributed by atoms with Crippen molar-refractivity contribution >= 4 is 22.7 Å². The maximum atomic E-state index is 12.2. The van der Waals surface area contributed by atoms with Crippen LogP contribution in [0.2, 0.25) is 0 Å². The van der Waals surface area contributed by atoms with Gasteiger partial charge in [0.05, 0.1) is 5.69 Å². The summed E-state index contributed by atoms with van der Waals surface area (Å²) in [5.74, 6) is 0.688. The van der Waals surface area contributed by atoms with E-state index in [2.05, 4.69) is 63.8 Å². The molecule has 0 saturated carbocycles. The molecule has 0 amide bonds. The first-order valence-corrected chi connectivity index (χ1v) is 8.66. The summed E-state index contributed by atoms with van der Waals surface area (Å²) in [6.07, 6.45) is 5.71. The zero-order valence-corrected chi connectivity index (χ0v) is 15.8. The third kappa shape index (κ3) is 4.08. The lowest BCUT2D eigenvalue weighted by atomic mass is 10.1. The lowest BCUT2D eigenvalue weighted by Gasteiger charge is -2.20. The van der Waals surface area contributed by atoms with E-state index in [1.54, 1.807) is 18.2 Å². The van der Waals surface area contributed by atoms with Gasteiger partial charge in [0.25, 0.3) is 0 Å². The monoisotopic (exact) mass is 362 g/mol. The van der Waals surface area contributed by atoms with Crippen molar-refractivity contribution in [2.24, 2.45) is 14.1 Å². The molecular formula is C22H23FN4. The minimum atomic E-state index is -0.208. The van der Waals surface area contributed by atoms with Gasteiger partial charge >= 0.3 is 0 Å². The van der Waals surface area contributed by atoms with Gasteiger partial charge in [-0.1, -0.05) is 36.9 Å². The first-order valence-electron chi connectivity index (χ1n) is 8.66. The van der Waals surface area contributed by atoms with E-state index >= 15 is 0 Å². The maximum Gasteiger partial charge on any atom is 0.126 e. The van der Waals surface area contributed by atoms with Crippen molar-refractivity contribution in [2.45, 2.75) is 0 Å². The van der Waals surface area contributed by atoms with Crippen molar-refractivity contribution in [2.75, 3.05) is 12.4 Å². The SMILES string of the molecule is C=Cc1ccc(F)cc1.CNc1cc2cc(-c3cn(C)n3C)ccc2cn1. The summed E-state index contributed by atoms with van der Waals surface area (Å²) in [5.41, 5.74) is 3.41. The summed E-state index contributed by atoms with van der Waals surface area (Å²) < 4.78 is 16.4. The number of halogens is 1. The van der Waals surface area contributed by atoms with Gasteiger partial charge in [-0.3, -0.25) is 9.36 Å². The molecule has 4 aromatic rings. The first kappa shape index (κ1) is 18.5. The van der Waals surface area contributed by atoms with Crippen LogP contribution in [0.3, 0.4) is 0 Å². The van der Waals surface area contributed by atoms with E-state index in [1.807, 2.05) is 20.3 Å². The zero-order valence-electron chi connectivity index (χ0n) is 15.8. The van der Waals surface area contributed by atoms with Crippen LogP contribution in [0.4, 0.5) is 10.2 Å². The van der Waals surface area contributed by atoms with Crippen LogP contribution in [0, 0.1) is 5.82 Å². The second-order valence-corrected chi connectivity index (χ2v) is 6.25. The highest BCUT2D eigenvalue weighted by molar-refractivity contribution is 5.88. The predicted octanol–water partition coefficient (Wildman–Crippen LogP) is 5.09. The number of benzene rings is 2. The van der Waals surface area contributed by atoms with E-state index in [4.69, 9.17) is 0 Å². The van der Waals surface area contributed by atoms with Crippen LogP contribution < -0.4 is 5.32 Å². The van der Waals surface area contributed by atoms with E-state index in [0.717, 1.165) is 16.8 Å². The lowest BCUT2D eigenvalue weighted by Crippen LogP contribution is -2.16. The average molecular weight is 362 g/mol. The number of rotatable bonds is 3. The summed E-state index contributed by atoms with van der Waals surface area (Å²) in [7, 11) is 5.98. The minimum absolute atomic E-state index is 0.208. The topological polar surface area (TPSA) is 34.8 Å². The number of pyridine rings is 1. The Labute approximate surface area is 158 Å². The number of fused-ring (bicyclic) bond motifs is 1. The molecule has 0 unspecified atom stereocenters. The number of nitrogens with zero attached hydrogens (tertiary/aromatic N) is 3. The molecule has 0 fully saturated rings. The number of aromatic nitrogens is 3. The maximum absolute atomic E-state index is 12.2. The Bertz CT molecular complexity index is 1060. The fourth-order valence-electron chi connectivity index (χ4n) is 2.76. The Hall–Kier alpha value is -3.34. The van der Waals surface area contributed by atoms with Crippen molar-refractivity contribution in [1.82, 2.24) is 14.3 Å². The van der Waals surface area contributed by atoms with E-state index in [1.165, 1.54) is 28.8 Å².